The lowest BCUT2D eigenvalue weighted by molar-refractivity contribution is -0.108. The van der Waals surface area contributed by atoms with E-state index in [4.69, 9.17) is 4.74 Å². The Kier molecular flexibility index (Phi) is 4.08. The molecule has 0 saturated carbocycles. The monoisotopic (exact) mass is 254 g/mol. The Morgan fingerprint density at radius 1 is 1.05 bits per heavy atom. The molecule has 1 unspecified atom stereocenters. The third-order valence-corrected chi connectivity index (χ3v) is 2.95. The largest absolute Gasteiger partial charge is 0.497 e. The second kappa shape index (κ2) is 5.96. The van der Waals surface area contributed by atoms with E-state index in [1.807, 2.05) is 18.2 Å². The van der Waals surface area contributed by atoms with Crippen LogP contribution in [0.25, 0.3) is 0 Å². The van der Waals surface area contributed by atoms with Crippen molar-refractivity contribution in [1.82, 2.24) is 0 Å². The van der Waals surface area contributed by atoms with E-state index in [2.05, 4.69) is 0 Å². The van der Waals surface area contributed by atoms with Gasteiger partial charge >= 0.3 is 0 Å². The molecular formula is C16H14O3. The molecule has 0 fully saturated rings. The molecule has 0 saturated heterocycles. The van der Waals surface area contributed by atoms with Gasteiger partial charge in [0.25, 0.3) is 0 Å². The summed E-state index contributed by atoms with van der Waals surface area (Å²) in [5.74, 6) is -0.280. The zero-order chi connectivity index (χ0) is 13.7. The highest BCUT2D eigenvalue weighted by molar-refractivity contribution is 6.09. The first kappa shape index (κ1) is 13.0. The zero-order valence-electron chi connectivity index (χ0n) is 10.6. The maximum Gasteiger partial charge on any atom is 0.177 e. The van der Waals surface area contributed by atoms with Crippen LogP contribution < -0.4 is 4.74 Å². The number of Topliss-reactive ketones (excluding diaryl/α,β-unsaturated/α-hetero) is 1. The van der Waals surface area contributed by atoms with Gasteiger partial charge in [0.2, 0.25) is 0 Å². The lowest BCUT2D eigenvalue weighted by atomic mass is 9.92. The number of benzene rings is 2. The van der Waals surface area contributed by atoms with Crippen molar-refractivity contribution in [3.05, 3.63) is 65.7 Å². The van der Waals surface area contributed by atoms with Crippen molar-refractivity contribution in [2.24, 2.45) is 0 Å². The fourth-order valence-corrected chi connectivity index (χ4v) is 1.89. The molecule has 0 spiro atoms. The molecule has 2 rings (SSSR count). The highest BCUT2D eigenvalue weighted by atomic mass is 16.5. The number of methoxy groups -OCH3 is 1. The summed E-state index contributed by atoms with van der Waals surface area (Å²) in [4.78, 5) is 23.5. The average Bonchev–Trinajstić information content (AvgIpc) is 2.49. The lowest BCUT2D eigenvalue weighted by Gasteiger charge is -2.10. The number of carbonyl (C=O) groups is 2. The van der Waals surface area contributed by atoms with Crippen molar-refractivity contribution in [2.75, 3.05) is 7.11 Å². The van der Waals surface area contributed by atoms with E-state index in [0.717, 1.165) is 0 Å². The number of carbonyl (C=O) groups excluding carboxylic acids is 2. The molecule has 0 heterocycles. The van der Waals surface area contributed by atoms with Gasteiger partial charge in [-0.1, -0.05) is 30.3 Å². The standard InChI is InChI=1S/C16H14O3/c1-19-14-9-7-13(8-10-14)16(18)15(11-17)12-5-3-2-4-6-12/h2-11,15H,1H3. The molecule has 0 aromatic heterocycles. The van der Waals surface area contributed by atoms with Gasteiger partial charge in [-0.05, 0) is 29.8 Å². The lowest BCUT2D eigenvalue weighted by Crippen LogP contribution is -2.14. The maximum atomic E-state index is 12.3. The maximum absolute atomic E-state index is 12.3. The first-order valence-corrected chi connectivity index (χ1v) is 5.94. The molecule has 19 heavy (non-hydrogen) atoms. The summed E-state index contributed by atoms with van der Waals surface area (Å²) in [7, 11) is 1.56. The van der Waals surface area contributed by atoms with E-state index in [9.17, 15) is 9.59 Å². The Morgan fingerprint density at radius 2 is 1.68 bits per heavy atom. The Balaban J connectivity index is 2.28. The van der Waals surface area contributed by atoms with Gasteiger partial charge in [-0.3, -0.25) is 4.79 Å². The summed E-state index contributed by atoms with van der Waals surface area (Å²) in [6.45, 7) is 0. The van der Waals surface area contributed by atoms with Gasteiger partial charge in [0.1, 0.15) is 18.0 Å². The normalized spacial score (nSPS) is 11.6. The van der Waals surface area contributed by atoms with Crippen LogP contribution in [-0.2, 0) is 4.79 Å². The van der Waals surface area contributed by atoms with E-state index < -0.39 is 5.92 Å². The minimum Gasteiger partial charge on any atom is -0.497 e. The number of ether oxygens (including phenoxy) is 1. The topological polar surface area (TPSA) is 43.4 Å². The third kappa shape index (κ3) is 2.88. The fourth-order valence-electron chi connectivity index (χ4n) is 1.89. The van der Waals surface area contributed by atoms with E-state index >= 15 is 0 Å². The smallest absolute Gasteiger partial charge is 0.177 e. The van der Waals surface area contributed by atoms with Crippen molar-refractivity contribution in [3.63, 3.8) is 0 Å². The second-order valence-electron chi connectivity index (χ2n) is 4.12. The van der Waals surface area contributed by atoms with Gasteiger partial charge in [0.05, 0.1) is 7.11 Å². The van der Waals surface area contributed by atoms with Gasteiger partial charge in [-0.2, -0.15) is 0 Å². The zero-order valence-corrected chi connectivity index (χ0v) is 10.6. The van der Waals surface area contributed by atoms with Crippen LogP contribution in [0.2, 0.25) is 0 Å². The molecule has 96 valence electrons. The van der Waals surface area contributed by atoms with Gasteiger partial charge < -0.3 is 9.53 Å². The summed E-state index contributed by atoms with van der Waals surface area (Å²) in [6.07, 6.45) is 0.682. The van der Waals surface area contributed by atoms with Crippen molar-refractivity contribution in [3.8, 4) is 5.75 Å². The van der Waals surface area contributed by atoms with Gasteiger partial charge in [-0.15, -0.1) is 0 Å². The van der Waals surface area contributed by atoms with Gasteiger partial charge in [-0.25, -0.2) is 0 Å². The summed E-state index contributed by atoms with van der Waals surface area (Å²) in [6, 6.07) is 15.8. The quantitative estimate of drug-likeness (QED) is 0.468. The molecule has 0 bridgehead atoms. The Morgan fingerprint density at radius 3 is 2.21 bits per heavy atom. The van der Waals surface area contributed by atoms with E-state index in [1.54, 1.807) is 43.5 Å². The van der Waals surface area contributed by atoms with E-state index in [-0.39, 0.29) is 5.78 Å². The van der Waals surface area contributed by atoms with Crippen molar-refractivity contribution in [2.45, 2.75) is 5.92 Å². The first-order valence-electron chi connectivity index (χ1n) is 5.94. The van der Waals surface area contributed by atoms with Crippen LogP contribution >= 0.6 is 0 Å². The minimum atomic E-state index is -0.755. The Bertz CT molecular complexity index is 558. The molecular weight excluding hydrogens is 240 g/mol. The third-order valence-electron chi connectivity index (χ3n) is 2.95. The van der Waals surface area contributed by atoms with Crippen molar-refractivity contribution in [1.29, 1.82) is 0 Å². The number of aldehydes is 1. The highest BCUT2D eigenvalue weighted by Gasteiger charge is 2.21. The molecule has 0 amide bonds. The first-order chi connectivity index (χ1) is 9.26. The predicted molar refractivity (Wildman–Crippen MR) is 72.6 cm³/mol. The van der Waals surface area contributed by atoms with Crippen LogP contribution in [-0.4, -0.2) is 19.2 Å². The Labute approximate surface area is 111 Å². The number of hydrogen-bond acceptors (Lipinski definition) is 3. The summed E-state index contributed by atoms with van der Waals surface area (Å²) in [5.41, 5.74) is 1.21. The highest BCUT2D eigenvalue weighted by Crippen LogP contribution is 2.20. The summed E-state index contributed by atoms with van der Waals surface area (Å²) < 4.78 is 5.04. The van der Waals surface area contributed by atoms with Crippen molar-refractivity contribution >= 4 is 12.1 Å². The van der Waals surface area contributed by atoms with Crippen LogP contribution in [0.15, 0.2) is 54.6 Å². The molecule has 2 aromatic rings. The average molecular weight is 254 g/mol. The number of hydrogen-bond donors (Lipinski definition) is 0. The fraction of sp³-hybridized carbons (Fsp3) is 0.125. The van der Waals surface area contributed by atoms with Gasteiger partial charge in [0.15, 0.2) is 5.78 Å². The van der Waals surface area contributed by atoms with Crippen LogP contribution in [0.3, 0.4) is 0 Å². The molecule has 2 aromatic carbocycles. The van der Waals surface area contributed by atoms with Crippen LogP contribution in [0.5, 0.6) is 5.75 Å². The molecule has 1 atom stereocenters. The molecule has 0 aliphatic rings. The molecule has 3 nitrogen and oxygen atoms in total. The van der Waals surface area contributed by atoms with Crippen LogP contribution in [0, 0.1) is 0 Å². The summed E-state index contributed by atoms with van der Waals surface area (Å²) >= 11 is 0. The molecule has 0 aliphatic heterocycles. The van der Waals surface area contributed by atoms with Crippen molar-refractivity contribution < 1.29 is 14.3 Å². The van der Waals surface area contributed by atoms with E-state index in [0.29, 0.717) is 23.2 Å². The molecule has 3 heteroatoms. The molecule has 0 radical (unpaired) electrons. The summed E-state index contributed by atoms with van der Waals surface area (Å²) in [5, 5.41) is 0. The number of rotatable bonds is 5. The Hall–Kier alpha value is -2.42. The predicted octanol–water partition coefficient (Wildman–Crippen LogP) is 2.86. The molecule has 0 aliphatic carbocycles. The minimum absolute atomic E-state index is 0.205. The molecule has 0 N–H and O–H groups in total. The second-order valence-corrected chi connectivity index (χ2v) is 4.12. The van der Waals surface area contributed by atoms with Crippen LogP contribution in [0.4, 0.5) is 0 Å². The van der Waals surface area contributed by atoms with Gasteiger partial charge in [0, 0.05) is 5.56 Å². The van der Waals surface area contributed by atoms with Crippen LogP contribution in [0.1, 0.15) is 21.8 Å². The van der Waals surface area contributed by atoms with E-state index in [1.165, 1.54) is 0 Å². The SMILES string of the molecule is COc1ccc(C(=O)C(C=O)c2ccccc2)cc1. The number of ketones is 1.